The largest absolute Gasteiger partial charge is 0.378 e. The summed E-state index contributed by atoms with van der Waals surface area (Å²) in [6.07, 6.45) is 0. The number of anilines is 1. The van der Waals surface area contributed by atoms with Gasteiger partial charge in [-0.3, -0.25) is 9.59 Å². The van der Waals surface area contributed by atoms with Gasteiger partial charge in [-0.1, -0.05) is 42.5 Å². The highest BCUT2D eigenvalue weighted by atomic mass is 16.2. The predicted molar refractivity (Wildman–Crippen MR) is 113 cm³/mol. The first kappa shape index (κ1) is 21.4. The Morgan fingerprint density at radius 3 is 2.00 bits per heavy atom. The van der Waals surface area contributed by atoms with Crippen LogP contribution in [0.2, 0.25) is 0 Å². The summed E-state index contributed by atoms with van der Waals surface area (Å²) < 4.78 is 0. The zero-order chi connectivity index (χ0) is 20.7. The van der Waals surface area contributed by atoms with Gasteiger partial charge in [0.1, 0.15) is 0 Å². The number of carbonyl (C=O) groups is 2. The first-order chi connectivity index (χ1) is 13.3. The monoisotopic (exact) mass is 382 g/mol. The lowest BCUT2D eigenvalue weighted by atomic mass is 10.1. The van der Waals surface area contributed by atoms with Gasteiger partial charge in [0, 0.05) is 26.3 Å². The second-order valence-corrected chi connectivity index (χ2v) is 7.28. The van der Waals surface area contributed by atoms with Gasteiger partial charge in [0.15, 0.2) is 0 Å². The van der Waals surface area contributed by atoms with E-state index < -0.39 is 11.8 Å². The summed E-state index contributed by atoms with van der Waals surface area (Å²) in [7, 11) is 7.89. The number of nitrogens with zero attached hydrogens (tertiary/aromatic N) is 2. The van der Waals surface area contributed by atoms with Gasteiger partial charge in [0.25, 0.3) is 0 Å². The van der Waals surface area contributed by atoms with Crippen LogP contribution in [0.1, 0.15) is 30.1 Å². The van der Waals surface area contributed by atoms with Gasteiger partial charge in [-0.2, -0.15) is 0 Å². The van der Waals surface area contributed by atoms with Crippen LogP contribution in [0.3, 0.4) is 0 Å². The molecule has 0 aromatic heterocycles. The van der Waals surface area contributed by atoms with E-state index >= 15 is 0 Å². The number of hydrogen-bond acceptors (Lipinski definition) is 4. The molecule has 2 aromatic rings. The molecule has 0 saturated heterocycles. The van der Waals surface area contributed by atoms with Gasteiger partial charge in [-0.05, 0) is 44.3 Å². The van der Waals surface area contributed by atoms with Crippen molar-refractivity contribution < 1.29 is 9.59 Å². The third-order valence-electron chi connectivity index (χ3n) is 4.73. The molecule has 0 spiro atoms. The van der Waals surface area contributed by atoms with Crippen molar-refractivity contribution in [2.75, 3.05) is 39.6 Å². The van der Waals surface area contributed by atoms with Crippen molar-refractivity contribution in [2.24, 2.45) is 0 Å². The minimum atomic E-state index is -0.628. The maximum Gasteiger partial charge on any atom is 0.309 e. The SMILES string of the molecule is CC(NC(=O)C(=O)NCC(c1ccc(N(C)C)cc1)N(C)C)c1ccccc1. The molecule has 2 N–H and O–H groups in total. The summed E-state index contributed by atoms with van der Waals surface area (Å²) in [6, 6.07) is 17.5. The van der Waals surface area contributed by atoms with Crippen molar-refractivity contribution in [3.8, 4) is 0 Å². The van der Waals surface area contributed by atoms with Gasteiger partial charge in [-0.25, -0.2) is 0 Å². The molecule has 0 fully saturated rings. The maximum absolute atomic E-state index is 12.3. The summed E-state index contributed by atoms with van der Waals surface area (Å²) in [5.74, 6) is -1.25. The predicted octanol–water partition coefficient (Wildman–Crippen LogP) is 2.35. The topological polar surface area (TPSA) is 64.7 Å². The third-order valence-corrected chi connectivity index (χ3v) is 4.73. The second-order valence-electron chi connectivity index (χ2n) is 7.28. The highest BCUT2D eigenvalue weighted by Gasteiger charge is 2.20. The molecular formula is C22H30N4O2. The van der Waals surface area contributed by atoms with Crippen molar-refractivity contribution in [1.82, 2.24) is 15.5 Å². The Morgan fingerprint density at radius 2 is 1.46 bits per heavy atom. The number of amides is 2. The fraction of sp³-hybridized carbons (Fsp3) is 0.364. The Balaban J connectivity index is 1.95. The van der Waals surface area contributed by atoms with Crippen LogP contribution in [0.25, 0.3) is 0 Å². The Hall–Kier alpha value is -2.86. The zero-order valence-electron chi connectivity index (χ0n) is 17.3. The summed E-state index contributed by atoms with van der Waals surface area (Å²) in [6.45, 7) is 2.20. The van der Waals surface area contributed by atoms with E-state index in [0.29, 0.717) is 6.54 Å². The van der Waals surface area contributed by atoms with Crippen LogP contribution in [0.15, 0.2) is 54.6 Å². The van der Waals surface area contributed by atoms with E-state index in [1.165, 1.54) is 0 Å². The lowest BCUT2D eigenvalue weighted by Gasteiger charge is -2.26. The van der Waals surface area contributed by atoms with Crippen molar-refractivity contribution in [3.05, 3.63) is 65.7 Å². The average molecular weight is 383 g/mol. The standard InChI is InChI=1S/C22H30N4O2/c1-16(17-9-7-6-8-10-17)24-22(28)21(27)23-15-20(26(4)5)18-11-13-19(14-12-18)25(2)3/h6-14,16,20H,15H2,1-5H3,(H,23,27)(H,24,28). The lowest BCUT2D eigenvalue weighted by Crippen LogP contribution is -2.43. The molecule has 0 radical (unpaired) electrons. The van der Waals surface area contributed by atoms with E-state index in [1.54, 1.807) is 0 Å². The molecule has 150 valence electrons. The van der Waals surface area contributed by atoms with E-state index in [9.17, 15) is 9.59 Å². The molecule has 28 heavy (non-hydrogen) atoms. The molecular weight excluding hydrogens is 352 g/mol. The van der Waals surface area contributed by atoms with E-state index in [2.05, 4.69) is 10.6 Å². The fourth-order valence-corrected chi connectivity index (χ4v) is 2.95. The van der Waals surface area contributed by atoms with Crippen molar-refractivity contribution in [3.63, 3.8) is 0 Å². The zero-order valence-corrected chi connectivity index (χ0v) is 17.3. The van der Waals surface area contributed by atoms with E-state index in [4.69, 9.17) is 0 Å². The molecule has 0 bridgehead atoms. The molecule has 2 atom stereocenters. The molecule has 0 aliphatic heterocycles. The van der Waals surface area contributed by atoms with Gasteiger partial charge >= 0.3 is 11.8 Å². The van der Waals surface area contributed by atoms with Gasteiger partial charge in [-0.15, -0.1) is 0 Å². The molecule has 6 nitrogen and oxygen atoms in total. The van der Waals surface area contributed by atoms with Crippen LogP contribution in [-0.2, 0) is 9.59 Å². The van der Waals surface area contributed by atoms with Crippen LogP contribution in [0.4, 0.5) is 5.69 Å². The average Bonchev–Trinajstić information content (AvgIpc) is 2.68. The lowest BCUT2D eigenvalue weighted by molar-refractivity contribution is -0.139. The summed E-state index contributed by atoms with van der Waals surface area (Å²) >= 11 is 0. The summed E-state index contributed by atoms with van der Waals surface area (Å²) in [5.41, 5.74) is 3.14. The highest BCUT2D eigenvalue weighted by molar-refractivity contribution is 6.35. The molecule has 2 unspecified atom stereocenters. The molecule has 6 heteroatoms. The van der Waals surface area contributed by atoms with Gasteiger partial charge < -0.3 is 20.4 Å². The minimum absolute atomic E-state index is 0.0282. The van der Waals surface area contributed by atoms with E-state index in [-0.39, 0.29) is 12.1 Å². The molecule has 2 rings (SSSR count). The number of benzene rings is 2. The quantitative estimate of drug-likeness (QED) is 0.722. The van der Waals surface area contributed by atoms with Crippen LogP contribution < -0.4 is 15.5 Å². The van der Waals surface area contributed by atoms with Crippen molar-refractivity contribution in [2.45, 2.75) is 19.0 Å². The molecule has 0 aliphatic carbocycles. The first-order valence-electron chi connectivity index (χ1n) is 9.37. The highest BCUT2D eigenvalue weighted by Crippen LogP contribution is 2.21. The fourth-order valence-electron chi connectivity index (χ4n) is 2.95. The number of rotatable bonds is 7. The molecule has 0 saturated carbocycles. The maximum atomic E-state index is 12.3. The normalized spacial score (nSPS) is 12.9. The van der Waals surface area contributed by atoms with Crippen LogP contribution in [0, 0.1) is 0 Å². The van der Waals surface area contributed by atoms with E-state index in [0.717, 1.165) is 16.8 Å². The Morgan fingerprint density at radius 1 is 0.857 bits per heavy atom. The minimum Gasteiger partial charge on any atom is -0.378 e. The van der Waals surface area contributed by atoms with E-state index in [1.807, 2.05) is 99.5 Å². The number of hydrogen-bond donors (Lipinski definition) is 2. The van der Waals surface area contributed by atoms with Crippen molar-refractivity contribution >= 4 is 17.5 Å². The van der Waals surface area contributed by atoms with Crippen molar-refractivity contribution in [1.29, 1.82) is 0 Å². The first-order valence-corrected chi connectivity index (χ1v) is 9.37. The summed E-state index contributed by atoms with van der Waals surface area (Å²) in [5, 5.41) is 5.49. The van der Waals surface area contributed by atoms with Gasteiger partial charge in [0.05, 0.1) is 12.1 Å². The Kier molecular flexibility index (Phi) is 7.58. The van der Waals surface area contributed by atoms with Crippen LogP contribution >= 0.6 is 0 Å². The van der Waals surface area contributed by atoms with Crippen LogP contribution in [0.5, 0.6) is 0 Å². The molecule has 2 aromatic carbocycles. The molecule has 0 aliphatic rings. The number of carbonyl (C=O) groups excluding carboxylic acids is 2. The smallest absolute Gasteiger partial charge is 0.309 e. The second kappa shape index (κ2) is 9.90. The Labute approximate surface area is 167 Å². The Bertz CT molecular complexity index is 773. The molecule has 2 amide bonds. The summed E-state index contributed by atoms with van der Waals surface area (Å²) in [4.78, 5) is 28.5. The van der Waals surface area contributed by atoms with Crippen LogP contribution in [-0.4, -0.2) is 51.4 Å². The van der Waals surface area contributed by atoms with Gasteiger partial charge in [0.2, 0.25) is 0 Å². The number of nitrogens with one attached hydrogen (secondary N) is 2. The molecule has 0 heterocycles. The third kappa shape index (κ3) is 5.82. The number of likely N-dealkylation sites (N-methyl/N-ethyl adjacent to an activating group) is 1.